The number of carbonyl (C=O) groups excluding carboxylic acids is 2. The summed E-state index contributed by atoms with van der Waals surface area (Å²) in [6, 6.07) is 12.7. The summed E-state index contributed by atoms with van der Waals surface area (Å²) in [4.78, 5) is 28.6. The first-order valence-electron chi connectivity index (χ1n) is 7.89. The minimum atomic E-state index is -0.209. The fourth-order valence-electron chi connectivity index (χ4n) is 2.45. The van der Waals surface area contributed by atoms with Gasteiger partial charge in [-0.25, -0.2) is 4.98 Å². The van der Waals surface area contributed by atoms with Crippen LogP contribution in [-0.4, -0.2) is 16.7 Å². The standard InChI is InChI=1S/C20H18N2O2S/c1-12-7-8-15(14(3)23)10-18(12)22-19(24)16-5-4-6-17(9-16)20-21-13(2)11-25-20/h4-11H,1-3H3,(H,22,24). The molecule has 2 aromatic carbocycles. The lowest BCUT2D eigenvalue weighted by Gasteiger charge is -2.10. The molecule has 1 aromatic heterocycles. The van der Waals surface area contributed by atoms with E-state index >= 15 is 0 Å². The Bertz CT molecular complexity index is 960. The van der Waals surface area contributed by atoms with Gasteiger partial charge in [0.05, 0.1) is 0 Å². The molecule has 0 bridgehead atoms. The van der Waals surface area contributed by atoms with Gasteiger partial charge in [0.15, 0.2) is 5.78 Å². The van der Waals surface area contributed by atoms with Gasteiger partial charge in [0.2, 0.25) is 0 Å². The lowest BCUT2D eigenvalue weighted by atomic mass is 10.1. The Balaban J connectivity index is 1.87. The number of nitrogens with one attached hydrogen (secondary N) is 1. The van der Waals surface area contributed by atoms with Gasteiger partial charge in [-0.15, -0.1) is 11.3 Å². The maximum absolute atomic E-state index is 12.6. The number of nitrogens with zero attached hydrogens (tertiary/aromatic N) is 1. The van der Waals surface area contributed by atoms with E-state index < -0.39 is 0 Å². The van der Waals surface area contributed by atoms with E-state index in [1.807, 2.05) is 43.5 Å². The Kier molecular flexibility index (Phi) is 4.76. The Morgan fingerprint density at radius 2 is 1.84 bits per heavy atom. The second-order valence-corrected chi connectivity index (χ2v) is 6.77. The number of aryl methyl sites for hydroxylation is 2. The third kappa shape index (κ3) is 3.83. The van der Waals surface area contributed by atoms with Gasteiger partial charge >= 0.3 is 0 Å². The van der Waals surface area contributed by atoms with Crippen LogP contribution >= 0.6 is 11.3 Å². The molecule has 25 heavy (non-hydrogen) atoms. The average Bonchev–Trinajstić information content (AvgIpc) is 3.03. The van der Waals surface area contributed by atoms with Crippen LogP contribution in [0.2, 0.25) is 0 Å². The molecule has 1 heterocycles. The van der Waals surface area contributed by atoms with Gasteiger partial charge in [-0.3, -0.25) is 9.59 Å². The molecule has 0 fully saturated rings. The number of thiazole rings is 1. The predicted molar refractivity (Wildman–Crippen MR) is 101 cm³/mol. The van der Waals surface area contributed by atoms with Crippen LogP contribution in [0.25, 0.3) is 10.6 Å². The molecule has 126 valence electrons. The van der Waals surface area contributed by atoms with E-state index in [0.29, 0.717) is 16.8 Å². The third-order valence-corrected chi connectivity index (χ3v) is 4.89. The Hall–Kier alpha value is -2.79. The van der Waals surface area contributed by atoms with Crippen LogP contribution in [0, 0.1) is 13.8 Å². The molecule has 0 atom stereocenters. The molecule has 4 nitrogen and oxygen atoms in total. The highest BCUT2D eigenvalue weighted by atomic mass is 32.1. The molecule has 0 spiro atoms. The topological polar surface area (TPSA) is 59.1 Å². The number of carbonyl (C=O) groups is 2. The summed E-state index contributed by atoms with van der Waals surface area (Å²) in [5.74, 6) is -0.240. The van der Waals surface area contributed by atoms with Gasteiger partial charge in [0.1, 0.15) is 5.01 Å². The summed E-state index contributed by atoms with van der Waals surface area (Å²) in [6.07, 6.45) is 0. The number of Topliss-reactive ketones (excluding diaryl/α,β-unsaturated/α-hetero) is 1. The van der Waals surface area contributed by atoms with E-state index in [9.17, 15) is 9.59 Å². The van der Waals surface area contributed by atoms with Crippen molar-refractivity contribution in [2.75, 3.05) is 5.32 Å². The monoisotopic (exact) mass is 350 g/mol. The van der Waals surface area contributed by atoms with Crippen LogP contribution in [0.15, 0.2) is 47.8 Å². The molecule has 3 aromatic rings. The molecular formula is C20H18N2O2S. The number of ketones is 1. The molecule has 1 N–H and O–H groups in total. The van der Waals surface area contributed by atoms with Crippen LogP contribution in [-0.2, 0) is 0 Å². The van der Waals surface area contributed by atoms with Gasteiger partial charge in [0.25, 0.3) is 5.91 Å². The van der Waals surface area contributed by atoms with Crippen molar-refractivity contribution in [3.8, 4) is 10.6 Å². The average molecular weight is 350 g/mol. The molecule has 0 aliphatic rings. The molecule has 1 amide bonds. The van der Waals surface area contributed by atoms with Crippen LogP contribution < -0.4 is 5.32 Å². The number of hydrogen-bond donors (Lipinski definition) is 1. The summed E-state index contributed by atoms with van der Waals surface area (Å²) in [5, 5.41) is 5.77. The molecule has 5 heteroatoms. The van der Waals surface area contributed by atoms with Gasteiger partial charge in [-0.05, 0) is 44.5 Å². The van der Waals surface area contributed by atoms with Crippen molar-refractivity contribution in [3.63, 3.8) is 0 Å². The molecule has 3 rings (SSSR count). The normalized spacial score (nSPS) is 10.5. The summed E-state index contributed by atoms with van der Waals surface area (Å²) in [5.41, 5.74) is 4.57. The SMILES string of the molecule is CC(=O)c1ccc(C)c(NC(=O)c2cccc(-c3nc(C)cs3)c2)c1. The lowest BCUT2D eigenvalue weighted by molar-refractivity contribution is 0.101. The lowest BCUT2D eigenvalue weighted by Crippen LogP contribution is -2.13. The van der Waals surface area contributed by atoms with Crippen LogP contribution in [0.1, 0.15) is 38.9 Å². The Morgan fingerprint density at radius 1 is 1.04 bits per heavy atom. The number of benzene rings is 2. The number of amides is 1. The highest BCUT2D eigenvalue weighted by Gasteiger charge is 2.11. The van der Waals surface area contributed by atoms with Crippen LogP contribution in [0.4, 0.5) is 5.69 Å². The van der Waals surface area contributed by atoms with E-state index in [4.69, 9.17) is 0 Å². The van der Waals surface area contributed by atoms with Crippen LogP contribution in [0.3, 0.4) is 0 Å². The van der Waals surface area contributed by atoms with Crippen molar-refractivity contribution in [2.45, 2.75) is 20.8 Å². The first kappa shape index (κ1) is 17.0. The second-order valence-electron chi connectivity index (χ2n) is 5.91. The zero-order valence-electron chi connectivity index (χ0n) is 14.3. The van der Waals surface area contributed by atoms with Crippen molar-refractivity contribution < 1.29 is 9.59 Å². The summed E-state index contributed by atoms with van der Waals surface area (Å²) in [7, 11) is 0. The van der Waals surface area contributed by atoms with E-state index in [1.54, 1.807) is 29.5 Å². The molecule has 0 saturated heterocycles. The molecule has 0 aliphatic heterocycles. The fraction of sp³-hybridized carbons (Fsp3) is 0.150. The summed E-state index contributed by atoms with van der Waals surface area (Å²) < 4.78 is 0. The van der Waals surface area contributed by atoms with Crippen molar-refractivity contribution in [1.29, 1.82) is 0 Å². The van der Waals surface area contributed by atoms with E-state index in [1.165, 1.54) is 6.92 Å². The largest absolute Gasteiger partial charge is 0.322 e. The van der Waals surface area contributed by atoms with Crippen molar-refractivity contribution in [1.82, 2.24) is 4.98 Å². The maximum atomic E-state index is 12.6. The fourth-order valence-corrected chi connectivity index (χ4v) is 3.24. The van der Waals surface area contributed by atoms with Gasteiger partial charge < -0.3 is 5.32 Å². The first-order chi connectivity index (χ1) is 11.9. The number of anilines is 1. The maximum Gasteiger partial charge on any atom is 0.255 e. The zero-order valence-corrected chi connectivity index (χ0v) is 15.1. The van der Waals surface area contributed by atoms with Crippen molar-refractivity contribution in [3.05, 3.63) is 70.2 Å². The number of aromatic nitrogens is 1. The van der Waals surface area contributed by atoms with Crippen molar-refractivity contribution in [2.24, 2.45) is 0 Å². The minimum absolute atomic E-state index is 0.0309. The highest BCUT2D eigenvalue weighted by molar-refractivity contribution is 7.13. The number of rotatable bonds is 4. The summed E-state index contributed by atoms with van der Waals surface area (Å²) in [6.45, 7) is 5.35. The van der Waals surface area contributed by atoms with Crippen LogP contribution in [0.5, 0.6) is 0 Å². The molecule has 0 radical (unpaired) electrons. The number of hydrogen-bond acceptors (Lipinski definition) is 4. The summed E-state index contributed by atoms with van der Waals surface area (Å²) >= 11 is 1.55. The Morgan fingerprint density at radius 3 is 2.52 bits per heavy atom. The van der Waals surface area contributed by atoms with Gasteiger partial charge in [-0.2, -0.15) is 0 Å². The molecule has 0 aliphatic carbocycles. The van der Waals surface area contributed by atoms with Gasteiger partial charge in [0, 0.05) is 33.5 Å². The smallest absolute Gasteiger partial charge is 0.255 e. The van der Waals surface area contributed by atoms with E-state index in [0.717, 1.165) is 21.8 Å². The van der Waals surface area contributed by atoms with E-state index in [2.05, 4.69) is 10.3 Å². The highest BCUT2D eigenvalue weighted by Crippen LogP contribution is 2.25. The third-order valence-electron chi connectivity index (χ3n) is 3.88. The zero-order chi connectivity index (χ0) is 18.0. The van der Waals surface area contributed by atoms with E-state index in [-0.39, 0.29) is 11.7 Å². The molecule has 0 unspecified atom stereocenters. The minimum Gasteiger partial charge on any atom is -0.322 e. The van der Waals surface area contributed by atoms with Crippen molar-refractivity contribution >= 4 is 28.7 Å². The molecular weight excluding hydrogens is 332 g/mol. The Labute approximate surface area is 150 Å². The first-order valence-corrected chi connectivity index (χ1v) is 8.77. The van der Waals surface area contributed by atoms with Gasteiger partial charge in [-0.1, -0.05) is 24.3 Å². The molecule has 0 saturated carbocycles. The quantitative estimate of drug-likeness (QED) is 0.682. The predicted octanol–water partition coefficient (Wildman–Crippen LogP) is 4.88. The second kappa shape index (κ2) is 6.99.